The smallest absolute Gasteiger partial charge is 0.257 e. The van der Waals surface area contributed by atoms with Gasteiger partial charge in [-0.3, -0.25) is 9.59 Å². The zero-order valence-corrected chi connectivity index (χ0v) is 18.2. The molecule has 1 heterocycles. The number of likely N-dealkylation sites (N-methyl/N-ethyl adjacent to an activating group) is 1. The highest BCUT2D eigenvalue weighted by atomic mass is 35.5. The molecule has 0 radical (unpaired) electrons. The Morgan fingerprint density at radius 3 is 2.61 bits per heavy atom. The van der Waals surface area contributed by atoms with Crippen LogP contribution in [0.5, 0.6) is 0 Å². The van der Waals surface area contributed by atoms with E-state index in [9.17, 15) is 9.59 Å². The number of fused-ring (bicyclic) bond motifs is 1. The van der Waals surface area contributed by atoms with Crippen LogP contribution in [0.3, 0.4) is 0 Å². The maximum atomic E-state index is 13.1. The van der Waals surface area contributed by atoms with Gasteiger partial charge >= 0.3 is 0 Å². The number of hydrogen-bond donors (Lipinski definition) is 2. The number of carbonyl (C=O) groups excluding carboxylic acids is 1. The number of nitrogens with zero attached hydrogens (tertiary/aromatic N) is 2. The zero-order chi connectivity index (χ0) is 22.4. The van der Waals surface area contributed by atoms with E-state index in [0.29, 0.717) is 22.5 Å². The molecule has 0 saturated heterocycles. The zero-order valence-electron chi connectivity index (χ0n) is 17.5. The minimum absolute atomic E-state index is 0.0764. The third kappa shape index (κ3) is 5.74. The molecule has 160 valence electrons. The number of aliphatic hydroxyl groups excluding tert-OH is 1. The molecule has 0 saturated carbocycles. The summed E-state index contributed by atoms with van der Waals surface area (Å²) < 4.78 is 1.91. The van der Waals surface area contributed by atoms with Crippen LogP contribution in [0.4, 0.5) is 0 Å². The van der Waals surface area contributed by atoms with Gasteiger partial charge < -0.3 is 19.9 Å². The number of benzene rings is 2. The summed E-state index contributed by atoms with van der Waals surface area (Å²) in [5.41, 5.74) is 1.95. The van der Waals surface area contributed by atoms with Crippen molar-refractivity contribution in [2.75, 3.05) is 27.2 Å². The molecule has 31 heavy (non-hydrogen) atoms. The second-order valence-electron chi connectivity index (χ2n) is 7.37. The fourth-order valence-corrected chi connectivity index (χ4v) is 3.28. The van der Waals surface area contributed by atoms with Crippen LogP contribution >= 0.6 is 11.6 Å². The number of rotatable bonds is 6. The van der Waals surface area contributed by atoms with Crippen molar-refractivity contribution in [1.82, 2.24) is 14.8 Å². The molecule has 0 aliphatic rings. The standard InChI is InChI=1S/C24H24ClN3O3/c1-27(2)11-12-28-16-21(24(31)26-15-18-5-8-19(25)9-6-18)23(30)20-14-17(4-3-13-29)7-10-22(20)28/h5-10,14,16,29H,11-13,15H2,1-2H3,(H,26,31). The Kier molecular flexibility index (Phi) is 7.48. The van der Waals surface area contributed by atoms with Crippen LogP contribution in [0.15, 0.2) is 53.5 Å². The Morgan fingerprint density at radius 1 is 1.19 bits per heavy atom. The molecule has 0 bridgehead atoms. The largest absolute Gasteiger partial charge is 0.384 e. The predicted molar refractivity (Wildman–Crippen MR) is 123 cm³/mol. The molecule has 0 unspecified atom stereocenters. The first kappa shape index (κ1) is 22.6. The molecular weight excluding hydrogens is 414 g/mol. The summed E-state index contributed by atoms with van der Waals surface area (Å²) in [5, 5.41) is 12.8. The normalized spacial score (nSPS) is 10.7. The van der Waals surface area contributed by atoms with Crippen molar-refractivity contribution in [2.45, 2.75) is 13.1 Å². The summed E-state index contributed by atoms with van der Waals surface area (Å²) >= 11 is 5.90. The molecule has 0 spiro atoms. The minimum atomic E-state index is -0.438. The van der Waals surface area contributed by atoms with Gasteiger partial charge in [0.05, 0.1) is 5.52 Å². The van der Waals surface area contributed by atoms with E-state index >= 15 is 0 Å². The van der Waals surface area contributed by atoms with Crippen molar-refractivity contribution in [3.8, 4) is 11.8 Å². The molecular formula is C24H24ClN3O3. The first-order valence-electron chi connectivity index (χ1n) is 9.83. The molecule has 2 aromatic carbocycles. The Balaban J connectivity index is 1.99. The molecule has 7 heteroatoms. The number of aliphatic hydroxyl groups is 1. The number of amides is 1. The number of nitrogens with one attached hydrogen (secondary N) is 1. The van der Waals surface area contributed by atoms with Crippen molar-refractivity contribution in [3.63, 3.8) is 0 Å². The van der Waals surface area contributed by atoms with Gasteiger partial charge in [0.1, 0.15) is 12.2 Å². The van der Waals surface area contributed by atoms with Crippen molar-refractivity contribution < 1.29 is 9.90 Å². The van der Waals surface area contributed by atoms with Gasteiger partial charge in [0.2, 0.25) is 5.43 Å². The maximum absolute atomic E-state index is 13.1. The van der Waals surface area contributed by atoms with Gasteiger partial charge in [-0.25, -0.2) is 0 Å². The average Bonchev–Trinajstić information content (AvgIpc) is 2.76. The summed E-state index contributed by atoms with van der Waals surface area (Å²) in [6.07, 6.45) is 1.62. The number of aromatic nitrogens is 1. The lowest BCUT2D eigenvalue weighted by Gasteiger charge is -2.16. The van der Waals surface area contributed by atoms with Gasteiger partial charge in [0, 0.05) is 41.8 Å². The van der Waals surface area contributed by atoms with Crippen LogP contribution in [0.1, 0.15) is 21.5 Å². The van der Waals surface area contributed by atoms with Crippen LogP contribution in [0, 0.1) is 11.8 Å². The minimum Gasteiger partial charge on any atom is -0.384 e. The molecule has 3 aromatic rings. The summed E-state index contributed by atoms with van der Waals surface area (Å²) in [4.78, 5) is 28.1. The predicted octanol–water partition coefficient (Wildman–Crippen LogP) is 2.49. The van der Waals surface area contributed by atoms with Crippen LogP contribution in [-0.4, -0.2) is 47.7 Å². The highest BCUT2D eigenvalue weighted by molar-refractivity contribution is 6.30. The van der Waals surface area contributed by atoms with E-state index in [4.69, 9.17) is 16.7 Å². The van der Waals surface area contributed by atoms with E-state index in [1.54, 1.807) is 30.5 Å². The van der Waals surface area contributed by atoms with E-state index in [2.05, 4.69) is 17.2 Å². The summed E-state index contributed by atoms with van der Waals surface area (Å²) in [6.45, 7) is 1.38. The molecule has 0 aliphatic heterocycles. The highest BCUT2D eigenvalue weighted by Crippen LogP contribution is 2.15. The summed E-state index contributed by atoms with van der Waals surface area (Å²) in [6, 6.07) is 12.4. The molecule has 1 aromatic heterocycles. The number of halogens is 1. The molecule has 0 fully saturated rings. The van der Waals surface area contributed by atoms with Crippen molar-refractivity contribution in [2.24, 2.45) is 0 Å². The van der Waals surface area contributed by atoms with E-state index in [0.717, 1.165) is 17.6 Å². The number of pyridine rings is 1. The summed E-state index contributed by atoms with van der Waals surface area (Å²) in [7, 11) is 3.93. The molecule has 6 nitrogen and oxygen atoms in total. The topological polar surface area (TPSA) is 74.6 Å². The second kappa shape index (κ2) is 10.3. The van der Waals surface area contributed by atoms with Gasteiger partial charge in [0.25, 0.3) is 5.91 Å². The summed E-state index contributed by atoms with van der Waals surface area (Å²) in [5.74, 6) is 4.96. The van der Waals surface area contributed by atoms with E-state index < -0.39 is 5.91 Å². The van der Waals surface area contributed by atoms with Crippen LogP contribution in [0.25, 0.3) is 10.9 Å². The lowest BCUT2D eigenvalue weighted by Crippen LogP contribution is -2.30. The Morgan fingerprint density at radius 2 is 1.94 bits per heavy atom. The quantitative estimate of drug-likeness (QED) is 0.581. The Hall–Kier alpha value is -3.11. The van der Waals surface area contributed by atoms with Gasteiger partial charge in [0.15, 0.2) is 0 Å². The number of hydrogen-bond acceptors (Lipinski definition) is 4. The second-order valence-corrected chi connectivity index (χ2v) is 7.81. The van der Waals surface area contributed by atoms with Gasteiger partial charge in [-0.05, 0) is 50.0 Å². The van der Waals surface area contributed by atoms with Gasteiger partial charge in [-0.15, -0.1) is 0 Å². The van der Waals surface area contributed by atoms with E-state index in [1.807, 2.05) is 41.8 Å². The number of carbonyl (C=O) groups is 1. The molecule has 0 aliphatic carbocycles. The van der Waals surface area contributed by atoms with Crippen molar-refractivity contribution in [3.05, 3.63) is 80.6 Å². The monoisotopic (exact) mass is 437 g/mol. The third-order valence-corrected chi connectivity index (χ3v) is 5.04. The highest BCUT2D eigenvalue weighted by Gasteiger charge is 2.16. The maximum Gasteiger partial charge on any atom is 0.257 e. The lowest BCUT2D eigenvalue weighted by atomic mass is 10.1. The van der Waals surface area contributed by atoms with E-state index in [1.165, 1.54) is 0 Å². The van der Waals surface area contributed by atoms with Crippen LogP contribution in [0.2, 0.25) is 5.02 Å². The molecule has 3 rings (SSSR count). The van der Waals surface area contributed by atoms with Crippen molar-refractivity contribution >= 4 is 28.4 Å². The molecule has 2 N–H and O–H groups in total. The fraction of sp³-hybridized carbons (Fsp3) is 0.250. The molecule has 0 atom stereocenters. The van der Waals surface area contributed by atoms with Crippen LogP contribution < -0.4 is 10.7 Å². The van der Waals surface area contributed by atoms with E-state index in [-0.39, 0.29) is 24.1 Å². The Labute approximate surface area is 186 Å². The van der Waals surface area contributed by atoms with Gasteiger partial charge in [-0.1, -0.05) is 35.6 Å². The lowest BCUT2D eigenvalue weighted by molar-refractivity contribution is 0.0949. The SMILES string of the molecule is CN(C)CCn1cc(C(=O)NCc2ccc(Cl)cc2)c(=O)c2cc(C#CCO)ccc21. The van der Waals surface area contributed by atoms with Crippen molar-refractivity contribution in [1.29, 1.82) is 0 Å². The Bertz CT molecular complexity index is 1200. The fourth-order valence-electron chi connectivity index (χ4n) is 3.15. The average molecular weight is 438 g/mol. The first-order valence-corrected chi connectivity index (χ1v) is 10.2. The van der Waals surface area contributed by atoms with Crippen LogP contribution in [-0.2, 0) is 13.1 Å². The van der Waals surface area contributed by atoms with Gasteiger partial charge in [-0.2, -0.15) is 0 Å². The third-order valence-electron chi connectivity index (χ3n) is 4.79. The molecule has 1 amide bonds. The first-order chi connectivity index (χ1) is 14.9.